The summed E-state index contributed by atoms with van der Waals surface area (Å²) in [5.41, 5.74) is 6.15. The lowest BCUT2D eigenvalue weighted by Gasteiger charge is -2.28. The van der Waals surface area contributed by atoms with Crippen molar-refractivity contribution < 1.29 is 14.3 Å². The Bertz CT molecular complexity index is 571. The largest absolute Gasteiger partial charge is 0.446 e. The van der Waals surface area contributed by atoms with Gasteiger partial charge in [-0.15, -0.1) is 0 Å². The summed E-state index contributed by atoms with van der Waals surface area (Å²) in [7, 11) is 0. The maximum Gasteiger partial charge on any atom is 0.404 e. The van der Waals surface area contributed by atoms with Crippen molar-refractivity contribution in [2.75, 3.05) is 5.32 Å². The van der Waals surface area contributed by atoms with Crippen LogP contribution in [0.1, 0.15) is 31.2 Å². The molecule has 0 spiro atoms. The van der Waals surface area contributed by atoms with E-state index in [4.69, 9.17) is 15.7 Å². The molecule has 1 aliphatic rings. The third-order valence-corrected chi connectivity index (χ3v) is 3.56. The fraction of sp³-hybridized carbons (Fsp3) is 0.400. The predicted molar refractivity (Wildman–Crippen MR) is 80.0 cm³/mol. The molecule has 116 valence electrons. The molecule has 22 heavy (non-hydrogen) atoms. The Kier molecular flexibility index (Phi) is 5.20. The summed E-state index contributed by atoms with van der Waals surface area (Å²) in [6, 6.07) is 8.41. The topological polar surface area (TPSA) is 117 Å². The van der Waals surface area contributed by atoms with E-state index in [9.17, 15) is 9.59 Å². The minimum atomic E-state index is -0.755. The van der Waals surface area contributed by atoms with Crippen LogP contribution in [0, 0.1) is 11.3 Å². The van der Waals surface area contributed by atoms with Gasteiger partial charge in [0.2, 0.25) is 0 Å². The molecule has 1 saturated carbocycles. The highest BCUT2D eigenvalue weighted by molar-refractivity contribution is 5.89. The standard InChI is InChI=1S/C15H18N4O3/c16-9-10-1-3-11(4-2-10)18-15(21)19-12-5-7-13(8-6-12)22-14(17)20/h1-4,12-13H,5-8H2,(H2,17,20)(H2,18,19,21). The van der Waals surface area contributed by atoms with Crippen molar-refractivity contribution in [2.24, 2.45) is 5.73 Å². The van der Waals surface area contributed by atoms with Crippen molar-refractivity contribution in [1.82, 2.24) is 5.32 Å². The van der Waals surface area contributed by atoms with Crippen LogP contribution in [0.15, 0.2) is 24.3 Å². The summed E-state index contributed by atoms with van der Waals surface area (Å²) in [5, 5.41) is 14.3. The molecule has 0 atom stereocenters. The van der Waals surface area contributed by atoms with E-state index >= 15 is 0 Å². The zero-order valence-corrected chi connectivity index (χ0v) is 12.0. The summed E-state index contributed by atoms with van der Waals surface area (Å²) < 4.78 is 4.95. The molecule has 1 aromatic carbocycles. The molecule has 1 aliphatic carbocycles. The van der Waals surface area contributed by atoms with E-state index in [1.54, 1.807) is 24.3 Å². The molecule has 1 aromatic rings. The number of rotatable bonds is 3. The van der Waals surface area contributed by atoms with Gasteiger partial charge in [0.25, 0.3) is 0 Å². The molecular formula is C15H18N4O3. The van der Waals surface area contributed by atoms with Crippen LogP contribution in [0.3, 0.4) is 0 Å². The Morgan fingerprint density at radius 3 is 2.36 bits per heavy atom. The molecule has 0 unspecified atom stereocenters. The first kappa shape index (κ1) is 15.6. The van der Waals surface area contributed by atoms with Gasteiger partial charge in [-0.3, -0.25) is 0 Å². The second-order valence-electron chi connectivity index (χ2n) is 5.20. The molecule has 0 bridgehead atoms. The smallest absolute Gasteiger partial charge is 0.404 e. The number of urea groups is 1. The molecule has 3 amide bonds. The number of amides is 3. The van der Waals surface area contributed by atoms with Crippen molar-refractivity contribution in [3.05, 3.63) is 29.8 Å². The molecule has 7 heteroatoms. The number of hydrogen-bond donors (Lipinski definition) is 3. The van der Waals surface area contributed by atoms with Crippen LogP contribution in [-0.2, 0) is 4.74 Å². The maximum atomic E-state index is 11.9. The van der Waals surface area contributed by atoms with Gasteiger partial charge in [-0.1, -0.05) is 0 Å². The normalized spacial score (nSPS) is 20.5. The van der Waals surface area contributed by atoms with E-state index < -0.39 is 6.09 Å². The highest BCUT2D eigenvalue weighted by Crippen LogP contribution is 2.21. The van der Waals surface area contributed by atoms with E-state index in [0.29, 0.717) is 24.1 Å². The minimum Gasteiger partial charge on any atom is -0.446 e. The van der Waals surface area contributed by atoms with Gasteiger partial charge in [-0.2, -0.15) is 5.26 Å². The van der Waals surface area contributed by atoms with E-state index in [0.717, 1.165) is 12.8 Å². The number of ether oxygens (including phenoxy) is 1. The van der Waals surface area contributed by atoms with Crippen LogP contribution in [0.4, 0.5) is 15.3 Å². The molecule has 0 heterocycles. The molecule has 0 aromatic heterocycles. The molecule has 7 nitrogen and oxygen atoms in total. The van der Waals surface area contributed by atoms with Gasteiger partial charge in [0.05, 0.1) is 11.6 Å². The quantitative estimate of drug-likeness (QED) is 0.792. The van der Waals surface area contributed by atoms with Gasteiger partial charge in [0.1, 0.15) is 6.10 Å². The van der Waals surface area contributed by atoms with E-state index in [-0.39, 0.29) is 18.2 Å². The number of carbonyl (C=O) groups excluding carboxylic acids is 2. The fourth-order valence-corrected chi connectivity index (χ4v) is 2.47. The first-order valence-corrected chi connectivity index (χ1v) is 7.10. The van der Waals surface area contributed by atoms with E-state index in [1.165, 1.54) is 0 Å². The number of primary amides is 1. The monoisotopic (exact) mass is 302 g/mol. The zero-order valence-electron chi connectivity index (χ0n) is 12.0. The average molecular weight is 302 g/mol. The molecule has 0 aliphatic heterocycles. The Balaban J connectivity index is 1.76. The Labute approximate surface area is 128 Å². The first-order valence-electron chi connectivity index (χ1n) is 7.10. The minimum absolute atomic E-state index is 0.0473. The molecule has 1 fully saturated rings. The van der Waals surface area contributed by atoms with E-state index in [1.807, 2.05) is 6.07 Å². The molecule has 4 N–H and O–H groups in total. The predicted octanol–water partition coefficient (Wildman–Crippen LogP) is 2.09. The SMILES string of the molecule is N#Cc1ccc(NC(=O)NC2CCC(OC(N)=O)CC2)cc1. The van der Waals surface area contributed by atoms with Crippen LogP contribution in [0.2, 0.25) is 0 Å². The second kappa shape index (κ2) is 7.31. The second-order valence-corrected chi connectivity index (χ2v) is 5.20. The lowest BCUT2D eigenvalue weighted by atomic mass is 9.93. The van der Waals surface area contributed by atoms with Crippen molar-refractivity contribution in [1.29, 1.82) is 5.26 Å². The highest BCUT2D eigenvalue weighted by atomic mass is 16.6. The Hall–Kier alpha value is -2.75. The average Bonchev–Trinajstić information content (AvgIpc) is 2.49. The van der Waals surface area contributed by atoms with Crippen LogP contribution in [0.25, 0.3) is 0 Å². The van der Waals surface area contributed by atoms with Crippen LogP contribution in [-0.4, -0.2) is 24.3 Å². The summed E-state index contributed by atoms with van der Waals surface area (Å²) in [5.74, 6) is 0. The van der Waals surface area contributed by atoms with Crippen LogP contribution in [0.5, 0.6) is 0 Å². The van der Waals surface area contributed by atoms with Crippen molar-refractivity contribution in [3.8, 4) is 6.07 Å². The van der Waals surface area contributed by atoms with Crippen LogP contribution < -0.4 is 16.4 Å². The van der Waals surface area contributed by atoms with Crippen molar-refractivity contribution in [2.45, 2.75) is 37.8 Å². The highest BCUT2D eigenvalue weighted by Gasteiger charge is 2.24. The molecule has 2 rings (SSSR count). The lowest BCUT2D eigenvalue weighted by molar-refractivity contribution is 0.0767. The van der Waals surface area contributed by atoms with Gasteiger partial charge in [0.15, 0.2) is 0 Å². The van der Waals surface area contributed by atoms with Crippen molar-refractivity contribution in [3.63, 3.8) is 0 Å². The number of hydrogen-bond acceptors (Lipinski definition) is 4. The number of nitrogens with two attached hydrogens (primary N) is 1. The third-order valence-electron chi connectivity index (χ3n) is 3.56. The maximum absolute atomic E-state index is 11.9. The molecule has 0 saturated heterocycles. The van der Waals surface area contributed by atoms with Crippen LogP contribution >= 0.6 is 0 Å². The van der Waals surface area contributed by atoms with Gasteiger partial charge in [0, 0.05) is 11.7 Å². The van der Waals surface area contributed by atoms with E-state index in [2.05, 4.69) is 10.6 Å². The zero-order chi connectivity index (χ0) is 15.9. The molecule has 0 radical (unpaired) electrons. The Morgan fingerprint density at radius 2 is 1.82 bits per heavy atom. The summed E-state index contributed by atoms with van der Waals surface area (Å²) in [6.07, 6.45) is 1.93. The summed E-state index contributed by atoms with van der Waals surface area (Å²) in [6.45, 7) is 0. The fourth-order valence-electron chi connectivity index (χ4n) is 2.47. The number of benzene rings is 1. The van der Waals surface area contributed by atoms with Gasteiger partial charge in [-0.05, 0) is 49.9 Å². The third kappa shape index (κ3) is 4.66. The molecular weight excluding hydrogens is 284 g/mol. The number of nitrogens with zero attached hydrogens (tertiary/aromatic N) is 1. The Morgan fingerprint density at radius 1 is 1.18 bits per heavy atom. The number of nitriles is 1. The number of carbonyl (C=O) groups is 2. The first-order chi connectivity index (χ1) is 10.6. The lowest BCUT2D eigenvalue weighted by Crippen LogP contribution is -2.41. The number of anilines is 1. The summed E-state index contributed by atoms with van der Waals surface area (Å²) in [4.78, 5) is 22.6. The van der Waals surface area contributed by atoms with Gasteiger partial charge < -0.3 is 21.1 Å². The van der Waals surface area contributed by atoms with Crippen molar-refractivity contribution >= 4 is 17.8 Å². The number of nitrogens with one attached hydrogen (secondary N) is 2. The van der Waals surface area contributed by atoms with Gasteiger partial charge in [-0.25, -0.2) is 9.59 Å². The summed E-state index contributed by atoms with van der Waals surface area (Å²) >= 11 is 0. The van der Waals surface area contributed by atoms with Gasteiger partial charge >= 0.3 is 12.1 Å².